The third kappa shape index (κ3) is 3.33. The normalized spacial score (nSPS) is 16.8. The van der Waals surface area contributed by atoms with Gasteiger partial charge in [0.1, 0.15) is 6.04 Å². The minimum atomic E-state index is -0.571. The van der Waals surface area contributed by atoms with Gasteiger partial charge < -0.3 is 9.64 Å². The highest BCUT2D eigenvalue weighted by molar-refractivity contribution is 9.11. The van der Waals surface area contributed by atoms with Crippen LogP contribution in [0.3, 0.4) is 0 Å². The first kappa shape index (κ1) is 16.2. The van der Waals surface area contributed by atoms with E-state index in [4.69, 9.17) is 4.74 Å². The summed E-state index contributed by atoms with van der Waals surface area (Å²) in [5.74, 6) is -0.473. The number of carbonyl (C=O) groups is 2. The van der Waals surface area contributed by atoms with Crippen molar-refractivity contribution in [1.29, 1.82) is 0 Å². The van der Waals surface area contributed by atoms with Crippen LogP contribution < -0.4 is 0 Å². The molecule has 23 heavy (non-hydrogen) atoms. The maximum absolute atomic E-state index is 12.8. The third-order valence-electron chi connectivity index (χ3n) is 3.85. The SMILES string of the molecule is CCOC(=O)C1Cc2ccccc2CN1C(=O)c1ccc(Br)s1. The van der Waals surface area contributed by atoms with Crippen molar-refractivity contribution in [2.75, 3.05) is 6.61 Å². The number of benzene rings is 1. The first-order chi connectivity index (χ1) is 11.1. The average Bonchev–Trinajstić information content (AvgIpc) is 2.99. The van der Waals surface area contributed by atoms with E-state index in [2.05, 4.69) is 15.9 Å². The highest BCUT2D eigenvalue weighted by Crippen LogP contribution is 2.29. The number of ether oxygens (including phenoxy) is 1. The van der Waals surface area contributed by atoms with Gasteiger partial charge >= 0.3 is 5.97 Å². The third-order valence-corrected chi connectivity index (χ3v) is 5.46. The molecule has 0 radical (unpaired) electrons. The molecule has 1 unspecified atom stereocenters. The van der Waals surface area contributed by atoms with E-state index >= 15 is 0 Å². The van der Waals surface area contributed by atoms with Gasteiger partial charge in [-0.05, 0) is 46.1 Å². The summed E-state index contributed by atoms with van der Waals surface area (Å²) in [5.41, 5.74) is 2.18. The Kier molecular flexibility index (Phi) is 4.82. The Hall–Kier alpha value is -1.66. The molecular formula is C17H16BrNO3S. The molecule has 0 saturated heterocycles. The molecule has 0 aliphatic carbocycles. The minimum Gasteiger partial charge on any atom is -0.464 e. The Balaban J connectivity index is 1.94. The number of esters is 1. The molecule has 3 rings (SSSR count). The molecule has 6 heteroatoms. The summed E-state index contributed by atoms with van der Waals surface area (Å²) in [6, 6.07) is 11.0. The van der Waals surface area contributed by atoms with Gasteiger partial charge in [0.25, 0.3) is 5.91 Å². The molecule has 0 fully saturated rings. The second-order valence-corrected chi connectivity index (χ2v) is 7.74. The largest absolute Gasteiger partial charge is 0.464 e. The molecular weight excluding hydrogens is 378 g/mol. The van der Waals surface area contributed by atoms with Gasteiger partial charge in [-0.3, -0.25) is 4.79 Å². The van der Waals surface area contributed by atoms with Crippen LogP contribution in [0.15, 0.2) is 40.2 Å². The number of amides is 1. The number of hydrogen-bond donors (Lipinski definition) is 0. The van der Waals surface area contributed by atoms with Crippen LogP contribution in [0.1, 0.15) is 27.7 Å². The molecule has 1 atom stereocenters. The van der Waals surface area contributed by atoms with Crippen LogP contribution in [0.4, 0.5) is 0 Å². The van der Waals surface area contributed by atoms with E-state index in [1.54, 1.807) is 17.9 Å². The molecule has 1 aliphatic rings. The molecule has 0 saturated carbocycles. The van der Waals surface area contributed by atoms with Gasteiger partial charge in [0.05, 0.1) is 15.3 Å². The number of nitrogens with zero attached hydrogens (tertiary/aromatic N) is 1. The van der Waals surface area contributed by atoms with Gasteiger partial charge in [-0.25, -0.2) is 4.79 Å². The lowest BCUT2D eigenvalue weighted by molar-refractivity contribution is -0.149. The number of fused-ring (bicyclic) bond motifs is 1. The Morgan fingerprint density at radius 2 is 2.00 bits per heavy atom. The number of halogens is 1. The van der Waals surface area contributed by atoms with E-state index in [9.17, 15) is 9.59 Å². The summed E-state index contributed by atoms with van der Waals surface area (Å²) in [4.78, 5) is 27.4. The quantitative estimate of drug-likeness (QED) is 0.747. The van der Waals surface area contributed by atoms with Crippen LogP contribution in [0, 0.1) is 0 Å². The fourth-order valence-electron chi connectivity index (χ4n) is 2.76. The van der Waals surface area contributed by atoms with Crippen LogP contribution in [0.25, 0.3) is 0 Å². The lowest BCUT2D eigenvalue weighted by Crippen LogP contribution is -2.49. The number of carbonyl (C=O) groups excluding carboxylic acids is 2. The lowest BCUT2D eigenvalue weighted by atomic mass is 9.94. The molecule has 2 heterocycles. The van der Waals surface area contributed by atoms with E-state index in [1.165, 1.54) is 11.3 Å². The predicted octanol–water partition coefficient (Wildman–Crippen LogP) is 3.64. The zero-order chi connectivity index (χ0) is 16.4. The van der Waals surface area contributed by atoms with E-state index < -0.39 is 6.04 Å². The molecule has 1 amide bonds. The van der Waals surface area contributed by atoms with Gasteiger partial charge in [-0.15, -0.1) is 11.3 Å². The fraction of sp³-hybridized carbons (Fsp3) is 0.294. The Morgan fingerprint density at radius 3 is 2.65 bits per heavy atom. The fourth-order valence-corrected chi connectivity index (χ4v) is 4.10. The number of hydrogen-bond acceptors (Lipinski definition) is 4. The number of rotatable bonds is 3. The first-order valence-corrected chi connectivity index (χ1v) is 9.00. The Bertz CT molecular complexity index is 743. The summed E-state index contributed by atoms with van der Waals surface area (Å²) in [6.07, 6.45) is 0.493. The van der Waals surface area contributed by atoms with Crippen LogP contribution >= 0.6 is 27.3 Å². The molecule has 1 aromatic carbocycles. The minimum absolute atomic E-state index is 0.131. The van der Waals surface area contributed by atoms with Gasteiger partial charge in [0, 0.05) is 13.0 Å². The van der Waals surface area contributed by atoms with E-state index in [0.717, 1.165) is 14.9 Å². The molecule has 0 spiro atoms. The smallest absolute Gasteiger partial charge is 0.329 e. The van der Waals surface area contributed by atoms with Gasteiger partial charge in [-0.1, -0.05) is 24.3 Å². The van der Waals surface area contributed by atoms with Crippen LogP contribution in [0.2, 0.25) is 0 Å². The summed E-state index contributed by atoms with van der Waals surface area (Å²) < 4.78 is 6.07. The van der Waals surface area contributed by atoms with Crippen LogP contribution in [0.5, 0.6) is 0 Å². The summed E-state index contributed by atoms with van der Waals surface area (Å²) in [7, 11) is 0. The van der Waals surface area contributed by atoms with Crippen molar-refractivity contribution < 1.29 is 14.3 Å². The van der Waals surface area contributed by atoms with Crippen LogP contribution in [-0.2, 0) is 22.5 Å². The average molecular weight is 394 g/mol. The van der Waals surface area contributed by atoms with E-state index in [0.29, 0.717) is 24.4 Å². The van der Waals surface area contributed by atoms with Crippen molar-refractivity contribution in [3.8, 4) is 0 Å². The van der Waals surface area contributed by atoms with Crippen molar-refractivity contribution >= 4 is 39.1 Å². The maximum Gasteiger partial charge on any atom is 0.329 e. The second kappa shape index (κ2) is 6.84. The molecule has 4 nitrogen and oxygen atoms in total. The highest BCUT2D eigenvalue weighted by atomic mass is 79.9. The van der Waals surface area contributed by atoms with Gasteiger partial charge in [0.2, 0.25) is 0 Å². The number of thiophene rings is 1. The standard InChI is InChI=1S/C17H16BrNO3S/c1-2-22-17(21)13-9-11-5-3-4-6-12(11)10-19(13)16(20)14-7-8-15(18)23-14/h3-8,13H,2,9-10H2,1H3. The van der Waals surface area contributed by atoms with Gasteiger partial charge in [-0.2, -0.15) is 0 Å². The van der Waals surface area contributed by atoms with Crippen molar-refractivity contribution in [3.05, 3.63) is 56.2 Å². The van der Waals surface area contributed by atoms with Crippen molar-refractivity contribution in [2.24, 2.45) is 0 Å². The highest BCUT2D eigenvalue weighted by Gasteiger charge is 2.36. The van der Waals surface area contributed by atoms with Crippen molar-refractivity contribution in [2.45, 2.75) is 25.9 Å². The Morgan fingerprint density at radius 1 is 1.26 bits per heavy atom. The monoisotopic (exact) mass is 393 g/mol. The van der Waals surface area contributed by atoms with Gasteiger partial charge in [0.15, 0.2) is 0 Å². The molecule has 120 valence electrons. The van der Waals surface area contributed by atoms with Crippen molar-refractivity contribution in [1.82, 2.24) is 4.90 Å². The summed E-state index contributed by atoms with van der Waals surface area (Å²) in [6.45, 7) is 2.51. The molecule has 0 N–H and O–H groups in total. The Labute approximate surface area is 147 Å². The zero-order valence-electron chi connectivity index (χ0n) is 12.6. The summed E-state index contributed by atoms with van der Waals surface area (Å²) in [5, 5.41) is 0. The molecule has 1 aromatic heterocycles. The van der Waals surface area contributed by atoms with E-state index in [1.807, 2.05) is 30.3 Å². The molecule has 0 bridgehead atoms. The lowest BCUT2D eigenvalue weighted by Gasteiger charge is -2.35. The summed E-state index contributed by atoms with van der Waals surface area (Å²) >= 11 is 4.75. The predicted molar refractivity (Wildman–Crippen MR) is 92.5 cm³/mol. The molecule has 1 aliphatic heterocycles. The first-order valence-electron chi connectivity index (χ1n) is 7.40. The molecule has 2 aromatic rings. The maximum atomic E-state index is 12.8. The second-order valence-electron chi connectivity index (χ2n) is 5.28. The van der Waals surface area contributed by atoms with Crippen LogP contribution in [-0.4, -0.2) is 29.4 Å². The topological polar surface area (TPSA) is 46.6 Å². The van der Waals surface area contributed by atoms with Crippen molar-refractivity contribution in [3.63, 3.8) is 0 Å². The zero-order valence-corrected chi connectivity index (χ0v) is 15.0. The van der Waals surface area contributed by atoms with E-state index in [-0.39, 0.29) is 11.9 Å².